The molecule has 1 atom stereocenters. The Bertz CT molecular complexity index is 779. The quantitative estimate of drug-likeness (QED) is 0.822. The Hall–Kier alpha value is -1.94. The summed E-state index contributed by atoms with van der Waals surface area (Å²) in [5.41, 5.74) is 3.58. The van der Waals surface area contributed by atoms with E-state index >= 15 is 0 Å². The molecule has 1 aliphatic rings. The smallest absolute Gasteiger partial charge is 0.228 e. The Morgan fingerprint density at radius 3 is 2.79 bits per heavy atom. The number of hydrogen-bond donors (Lipinski definition) is 1. The fourth-order valence-electron chi connectivity index (χ4n) is 3.34. The van der Waals surface area contributed by atoms with Gasteiger partial charge in [-0.25, -0.2) is 0 Å². The fraction of sp³-hybridized carbons (Fsp3) is 0.400. The van der Waals surface area contributed by atoms with Crippen LogP contribution in [-0.4, -0.2) is 23.7 Å². The zero-order chi connectivity index (χ0) is 17.3. The van der Waals surface area contributed by atoms with Crippen molar-refractivity contribution in [1.82, 2.24) is 4.90 Å². The molecule has 3 rings (SSSR count). The highest BCUT2D eigenvalue weighted by atomic mass is 32.1. The average Bonchev–Trinajstić information content (AvgIpc) is 3.04. The van der Waals surface area contributed by atoms with Gasteiger partial charge in [0.15, 0.2) is 0 Å². The number of likely N-dealkylation sites (tertiary alicyclic amines) is 1. The second kappa shape index (κ2) is 6.52. The molecule has 1 fully saturated rings. The first-order valence-electron chi connectivity index (χ1n) is 8.39. The lowest BCUT2D eigenvalue weighted by Gasteiger charge is -2.33. The lowest BCUT2D eigenvalue weighted by atomic mass is 9.78. The van der Waals surface area contributed by atoms with Crippen LogP contribution in [0.1, 0.15) is 43.0 Å². The van der Waals surface area contributed by atoms with Crippen LogP contribution in [0.2, 0.25) is 0 Å². The van der Waals surface area contributed by atoms with Gasteiger partial charge in [0.25, 0.3) is 0 Å². The fourth-order valence-corrected chi connectivity index (χ4v) is 4.46. The third-order valence-corrected chi connectivity index (χ3v) is 6.24. The minimum Gasteiger partial charge on any atom is -0.304 e. The molecule has 0 aliphatic carbocycles. The number of nitrogens with one attached hydrogen (secondary N) is 1. The Balaban J connectivity index is 1.90. The van der Waals surface area contributed by atoms with Gasteiger partial charge in [-0.2, -0.15) is 0 Å². The van der Waals surface area contributed by atoms with E-state index in [9.17, 15) is 4.79 Å². The standard InChI is InChI=1S/C20H24N2OS/c1-14-6-4-7-15(10-14)16-11-17(24-13-16)20(2)9-5-8-18(21)22(3)19(23)12-20/h4,6-7,10-11,13,21H,5,8-9,12H2,1-3H3/t20-/m0/s1. The number of carbonyl (C=O) groups excluding carboxylic acids is 1. The first-order valence-corrected chi connectivity index (χ1v) is 9.27. The zero-order valence-corrected chi connectivity index (χ0v) is 15.4. The van der Waals surface area contributed by atoms with Crippen molar-refractivity contribution in [1.29, 1.82) is 5.41 Å². The Labute approximate surface area is 147 Å². The molecule has 0 bridgehead atoms. The highest BCUT2D eigenvalue weighted by Gasteiger charge is 2.34. The van der Waals surface area contributed by atoms with E-state index in [4.69, 9.17) is 5.41 Å². The van der Waals surface area contributed by atoms with Crippen LogP contribution in [0.15, 0.2) is 35.7 Å². The minimum absolute atomic E-state index is 0.0488. The van der Waals surface area contributed by atoms with Crippen LogP contribution in [0, 0.1) is 12.3 Å². The predicted octanol–water partition coefficient (Wildman–Crippen LogP) is 4.99. The molecule has 126 valence electrons. The van der Waals surface area contributed by atoms with E-state index in [-0.39, 0.29) is 11.3 Å². The van der Waals surface area contributed by atoms with Gasteiger partial charge in [-0.1, -0.05) is 36.8 Å². The summed E-state index contributed by atoms with van der Waals surface area (Å²) in [6.07, 6.45) is 3.04. The van der Waals surface area contributed by atoms with Gasteiger partial charge >= 0.3 is 0 Å². The van der Waals surface area contributed by atoms with Crippen molar-refractivity contribution in [2.75, 3.05) is 7.05 Å². The van der Waals surface area contributed by atoms with E-state index in [2.05, 4.69) is 49.6 Å². The first-order chi connectivity index (χ1) is 11.4. The summed E-state index contributed by atoms with van der Waals surface area (Å²) < 4.78 is 0. The van der Waals surface area contributed by atoms with Crippen LogP contribution in [0.25, 0.3) is 11.1 Å². The predicted molar refractivity (Wildman–Crippen MR) is 101 cm³/mol. The summed E-state index contributed by atoms with van der Waals surface area (Å²) in [5.74, 6) is 0.487. The van der Waals surface area contributed by atoms with Gasteiger partial charge in [-0.05, 0) is 42.3 Å². The van der Waals surface area contributed by atoms with Gasteiger partial charge < -0.3 is 4.90 Å². The normalized spacial score (nSPS) is 22.4. The molecule has 3 nitrogen and oxygen atoms in total. The van der Waals surface area contributed by atoms with E-state index in [0.717, 1.165) is 12.8 Å². The maximum atomic E-state index is 12.5. The monoisotopic (exact) mass is 340 g/mol. The lowest BCUT2D eigenvalue weighted by molar-refractivity contribution is -0.128. The lowest BCUT2D eigenvalue weighted by Crippen LogP contribution is -2.39. The molecule has 1 amide bonds. The SMILES string of the molecule is Cc1cccc(-c2csc([C@@]3(C)CCCC(=N)N(C)C(=O)C3)c2)c1. The van der Waals surface area contributed by atoms with Crippen LogP contribution < -0.4 is 0 Å². The van der Waals surface area contributed by atoms with E-state index < -0.39 is 0 Å². The summed E-state index contributed by atoms with van der Waals surface area (Å²) in [6, 6.07) is 10.8. The molecule has 0 unspecified atom stereocenters. The van der Waals surface area contributed by atoms with Crippen molar-refractivity contribution in [3.63, 3.8) is 0 Å². The Kier molecular flexibility index (Phi) is 4.59. The largest absolute Gasteiger partial charge is 0.304 e. The molecule has 4 heteroatoms. The highest BCUT2D eigenvalue weighted by molar-refractivity contribution is 7.10. The van der Waals surface area contributed by atoms with Crippen molar-refractivity contribution in [3.05, 3.63) is 46.2 Å². The molecular formula is C20H24N2OS. The number of thiophene rings is 1. The van der Waals surface area contributed by atoms with Crippen molar-refractivity contribution in [2.24, 2.45) is 0 Å². The molecule has 1 aliphatic heterocycles. The van der Waals surface area contributed by atoms with E-state index in [0.29, 0.717) is 18.7 Å². The van der Waals surface area contributed by atoms with Crippen molar-refractivity contribution >= 4 is 23.1 Å². The number of carbonyl (C=O) groups is 1. The van der Waals surface area contributed by atoms with Crippen molar-refractivity contribution < 1.29 is 4.79 Å². The van der Waals surface area contributed by atoms with E-state index in [1.165, 1.54) is 26.5 Å². The minimum atomic E-state index is -0.140. The number of aryl methyl sites for hydroxylation is 1. The Morgan fingerprint density at radius 1 is 1.25 bits per heavy atom. The summed E-state index contributed by atoms with van der Waals surface area (Å²) >= 11 is 1.75. The summed E-state index contributed by atoms with van der Waals surface area (Å²) in [6.45, 7) is 4.30. The van der Waals surface area contributed by atoms with Crippen molar-refractivity contribution in [2.45, 2.75) is 44.9 Å². The maximum Gasteiger partial charge on any atom is 0.228 e. The molecule has 2 heterocycles. The van der Waals surface area contributed by atoms with Gasteiger partial charge in [-0.3, -0.25) is 10.2 Å². The number of rotatable bonds is 2. The molecule has 0 radical (unpaired) electrons. The van der Waals surface area contributed by atoms with Crippen LogP contribution >= 0.6 is 11.3 Å². The van der Waals surface area contributed by atoms with Gasteiger partial charge in [-0.15, -0.1) is 11.3 Å². The van der Waals surface area contributed by atoms with Crippen molar-refractivity contribution in [3.8, 4) is 11.1 Å². The van der Waals surface area contributed by atoms with Crippen LogP contribution in [0.3, 0.4) is 0 Å². The van der Waals surface area contributed by atoms with Crippen LogP contribution in [-0.2, 0) is 10.2 Å². The molecule has 0 spiro atoms. The van der Waals surface area contributed by atoms with Gasteiger partial charge in [0, 0.05) is 30.2 Å². The first kappa shape index (κ1) is 16.9. The number of nitrogens with zero attached hydrogens (tertiary/aromatic N) is 1. The van der Waals surface area contributed by atoms with Gasteiger partial charge in [0.05, 0.1) is 0 Å². The van der Waals surface area contributed by atoms with E-state index in [1.807, 2.05) is 0 Å². The van der Waals surface area contributed by atoms with Gasteiger partial charge in [0.2, 0.25) is 5.91 Å². The topological polar surface area (TPSA) is 44.2 Å². The second-order valence-corrected chi connectivity index (χ2v) is 7.97. The molecule has 2 aromatic rings. The summed E-state index contributed by atoms with van der Waals surface area (Å²) in [7, 11) is 1.73. The number of benzene rings is 1. The third kappa shape index (κ3) is 3.29. The third-order valence-electron chi connectivity index (χ3n) is 5.01. The zero-order valence-electron chi connectivity index (χ0n) is 14.6. The average molecular weight is 340 g/mol. The molecule has 1 saturated heterocycles. The molecule has 24 heavy (non-hydrogen) atoms. The summed E-state index contributed by atoms with van der Waals surface area (Å²) in [5, 5.41) is 10.1. The number of amides is 1. The Morgan fingerprint density at radius 2 is 2.04 bits per heavy atom. The summed E-state index contributed by atoms with van der Waals surface area (Å²) in [4.78, 5) is 15.3. The number of hydrogen-bond acceptors (Lipinski definition) is 3. The van der Waals surface area contributed by atoms with Crippen LogP contribution in [0.5, 0.6) is 0 Å². The molecule has 1 aromatic heterocycles. The van der Waals surface area contributed by atoms with Crippen LogP contribution in [0.4, 0.5) is 0 Å². The van der Waals surface area contributed by atoms with Gasteiger partial charge in [0.1, 0.15) is 5.84 Å². The molecule has 0 saturated carbocycles. The molecule has 1 N–H and O–H groups in total. The van der Waals surface area contributed by atoms with E-state index in [1.54, 1.807) is 18.4 Å². The molecular weight excluding hydrogens is 316 g/mol. The maximum absolute atomic E-state index is 12.5. The highest BCUT2D eigenvalue weighted by Crippen LogP contribution is 2.40. The number of amidine groups is 1. The second-order valence-electron chi connectivity index (χ2n) is 7.06. The molecule has 1 aromatic carbocycles.